The fourth-order valence-corrected chi connectivity index (χ4v) is 1.86. The minimum Gasteiger partial charge on any atom is -0.466 e. The minimum absolute atomic E-state index is 0. The second kappa shape index (κ2) is 8.91. The van der Waals surface area contributed by atoms with E-state index >= 15 is 0 Å². The minimum atomic E-state index is -0.373. The highest BCUT2D eigenvalue weighted by Crippen LogP contribution is 2.22. The summed E-state index contributed by atoms with van der Waals surface area (Å²) >= 11 is 0. The lowest BCUT2D eigenvalue weighted by Gasteiger charge is -2.15. The SMILES string of the molecule is CCOC(=O)C(CC)c1ccc([C@H](N)CO)cc1.Cl. The standard InChI is InChI=1S/C14H21NO3.ClH/c1-3-12(14(17)18-4-2)10-5-7-11(8-6-10)13(15)9-16;/h5-8,12-13,16H,3-4,9,15H2,1-2H3;1H/t12?,13-;/m1./s1. The van der Waals surface area contributed by atoms with Crippen LogP contribution in [0.25, 0.3) is 0 Å². The van der Waals surface area contributed by atoms with Gasteiger partial charge in [0.2, 0.25) is 0 Å². The number of hydrogen-bond donors (Lipinski definition) is 2. The van der Waals surface area contributed by atoms with Gasteiger partial charge in [-0.05, 0) is 24.5 Å². The monoisotopic (exact) mass is 287 g/mol. The Morgan fingerprint density at radius 3 is 2.21 bits per heavy atom. The number of carbonyl (C=O) groups is 1. The zero-order valence-corrected chi connectivity index (χ0v) is 12.2. The molecule has 4 nitrogen and oxygen atoms in total. The first-order valence-electron chi connectivity index (χ1n) is 6.26. The molecule has 0 saturated heterocycles. The molecule has 0 heterocycles. The number of esters is 1. The van der Waals surface area contributed by atoms with E-state index in [9.17, 15) is 4.79 Å². The molecule has 0 aliphatic carbocycles. The predicted octanol–water partition coefficient (Wildman–Crippen LogP) is 2.16. The summed E-state index contributed by atoms with van der Waals surface area (Å²) in [6, 6.07) is 7.06. The number of ether oxygens (including phenoxy) is 1. The van der Waals surface area contributed by atoms with Crippen molar-refractivity contribution >= 4 is 18.4 Å². The molecule has 1 aromatic rings. The van der Waals surface area contributed by atoms with Gasteiger partial charge in [-0.25, -0.2) is 0 Å². The van der Waals surface area contributed by atoms with E-state index in [1.807, 2.05) is 31.2 Å². The van der Waals surface area contributed by atoms with E-state index in [0.717, 1.165) is 11.1 Å². The normalized spacial score (nSPS) is 13.3. The van der Waals surface area contributed by atoms with Crippen molar-refractivity contribution in [2.45, 2.75) is 32.2 Å². The number of aliphatic hydroxyl groups is 1. The van der Waals surface area contributed by atoms with Crippen LogP contribution in [0.5, 0.6) is 0 Å². The molecule has 1 unspecified atom stereocenters. The van der Waals surface area contributed by atoms with Crippen molar-refractivity contribution in [3.8, 4) is 0 Å². The number of nitrogens with two attached hydrogens (primary N) is 1. The van der Waals surface area contributed by atoms with Crippen molar-refractivity contribution in [3.63, 3.8) is 0 Å². The largest absolute Gasteiger partial charge is 0.466 e. The smallest absolute Gasteiger partial charge is 0.313 e. The van der Waals surface area contributed by atoms with Crippen LogP contribution in [0.1, 0.15) is 43.4 Å². The Morgan fingerprint density at radius 1 is 1.26 bits per heavy atom. The number of hydrogen-bond acceptors (Lipinski definition) is 4. The summed E-state index contributed by atoms with van der Waals surface area (Å²) in [6.07, 6.45) is 0.699. The highest BCUT2D eigenvalue weighted by atomic mass is 35.5. The Hall–Kier alpha value is -1.10. The lowest BCUT2D eigenvalue weighted by molar-refractivity contribution is -0.145. The number of carbonyl (C=O) groups excluding carboxylic acids is 1. The van der Waals surface area contributed by atoms with E-state index in [2.05, 4.69) is 0 Å². The van der Waals surface area contributed by atoms with Crippen molar-refractivity contribution in [2.75, 3.05) is 13.2 Å². The Balaban J connectivity index is 0.00000324. The topological polar surface area (TPSA) is 72.5 Å². The molecule has 1 rings (SSSR count). The molecule has 0 radical (unpaired) electrons. The van der Waals surface area contributed by atoms with Crippen molar-refractivity contribution < 1.29 is 14.6 Å². The number of rotatable bonds is 6. The average molecular weight is 288 g/mol. The maximum Gasteiger partial charge on any atom is 0.313 e. The Labute approximate surface area is 120 Å². The first kappa shape index (κ1) is 17.9. The molecule has 0 bridgehead atoms. The molecule has 108 valence electrons. The Morgan fingerprint density at radius 2 is 1.79 bits per heavy atom. The molecule has 1 aromatic carbocycles. The Kier molecular flexibility index (Phi) is 8.39. The molecule has 0 amide bonds. The van der Waals surface area contributed by atoms with E-state index < -0.39 is 0 Å². The molecule has 0 aliphatic rings. The number of benzene rings is 1. The maximum atomic E-state index is 11.8. The third-order valence-corrected chi connectivity index (χ3v) is 2.94. The van der Waals surface area contributed by atoms with E-state index in [4.69, 9.17) is 15.6 Å². The number of halogens is 1. The maximum absolute atomic E-state index is 11.8. The highest BCUT2D eigenvalue weighted by molar-refractivity contribution is 5.85. The third-order valence-electron chi connectivity index (χ3n) is 2.94. The fraction of sp³-hybridized carbons (Fsp3) is 0.500. The second-order valence-electron chi connectivity index (χ2n) is 4.17. The summed E-state index contributed by atoms with van der Waals surface area (Å²) in [7, 11) is 0. The van der Waals surface area contributed by atoms with Crippen LogP contribution < -0.4 is 5.73 Å². The van der Waals surface area contributed by atoms with Gasteiger partial charge in [-0.1, -0.05) is 31.2 Å². The predicted molar refractivity (Wildman–Crippen MR) is 77.4 cm³/mol. The van der Waals surface area contributed by atoms with Gasteiger partial charge in [-0.2, -0.15) is 0 Å². The van der Waals surface area contributed by atoms with Gasteiger partial charge in [0, 0.05) is 0 Å². The van der Waals surface area contributed by atoms with Crippen LogP contribution in [-0.4, -0.2) is 24.3 Å². The van der Waals surface area contributed by atoms with Gasteiger partial charge in [0.25, 0.3) is 0 Å². The average Bonchev–Trinajstić information content (AvgIpc) is 2.40. The van der Waals surface area contributed by atoms with Gasteiger partial charge in [0.1, 0.15) is 0 Å². The van der Waals surface area contributed by atoms with Crippen LogP contribution in [-0.2, 0) is 9.53 Å². The fourth-order valence-electron chi connectivity index (χ4n) is 1.86. The molecular weight excluding hydrogens is 266 g/mol. The van der Waals surface area contributed by atoms with Crippen LogP contribution in [0, 0.1) is 0 Å². The van der Waals surface area contributed by atoms with Gasteiger partial charge >= 0.3 is 5.97 Å². The molecule has 0 saturated carbocycles. The third kappa shape index (κ3) is 4.82. The van der Waals surface area contributed by atoms with Gasteiger partial charge in [-0.15, -0.1) is 12.4 Å². The van der Waals surface area contributed by atoms with Gasteiger partial charge in [0.05, 0.1) is 25.2 Å². The summed E-state index contributed by atoms with van der Waals surface area (Å²) in [5.41, 5.74) is 7.50. The molecule has 0 spiro atoms. The van der Waals surface area contributed by atoms with Crippen LogP contribution in [0.2, 0.25) is 0 Å². The summed E-state index contributed by atoms with van der Waals surface area (Å²) in [5.74, 6) is -0.427. The van der Waals surface area contributed by atoms with Crippen LogP contribution in [0.3, 0.4) is 0 Å². The van der Waals surface area contributed by atoms with Gasteiger partial charge in [0.15, 0.2) is 0 Å². The van der Waals surface area contributed by atoms with Gasteiger partial charge in [-0.3, -0.25) is 4.79 Å². The molecule has 2 atom stereocenters. The van der Waals surface area contributed by atoms with E-state index in [-0.39, 0.29) is 36.9 Å². The van der Waals surface area contributed by atoms with Crippen LogP contribution in [0.15, 0.2) is 24.3 Å². The van der Waals surface area contributed by atoms with E-state index in [1.54, 1.807) is 6.92 Å². The van der Waals surface area contributed by atoms with Crippen molar-refractivity contribution in [2.24, 2.45) is 5.73 Å². The summed E-state index contributed by atoms with van der Waals surface area (Å²) in [6.45, 7) is 4.06. The van der Waals surface area contributed by atoms with Crippen LogP contribution >= 0.6 is 12.4 Å². The summed E-state index contributed by atoms with van der Waals surface area (Å²) < 4.78 is 5.04. The lowest BCUT2D eigenvalue weighted by Crippen LogP contribution is -2.16. The summed E-state index contributed by atoms with van der Waals surface area (Å²) in [4.78, 5) is 11.8. The highest BCUT2D eigenvalue weighted by Gasteiger charge is 2.19. The zero-order valence-electron chi connectivity index (χ0n) is 11.3. The first-order chi connectivity index (χ1) is 8.63. The molecule has 0 fully saturated rings. The Bertz CT molecular complexity index is 381. The molecular formula is C14H22ClNO3. The number of aliphatic hydroxyl groups excluding tert-OH is 1. The van der Waals surface area contributed by atoms with E-state index in [1.165, 1.54) is 0 Å². The molecule has 3 N–H and O–H groups in total. The molecule has 0 aliphatic heterocycles. The van der Waals surface area contributed by atoms with Gasteiger partial charge < -0.3 is 15.6 Å². The van der Waals surface area contributed by atoms with E-state index in [0.29, 0.717) is 13.0 Å². The molecule has 0 aromatic heterocycles. The quantitative estimate of drug-likeness (QED) is 0.787. The second-order valence-corrected chi connectivity index (χ2v) is 4.17. The van der Waals surface area contributed by atoms with Crippen molar-refractivity contribution in [1.82, 2.24) is 0 Å². The zero-order chi connectivity index (χ0) is 13.5. The first-order valence-corrected chi connectivity index (χ1v) is 6.26. The van der Waals surface area contributed by atoms with Crippen LogP contribution in [0.4, 0.5) is 0 Å². The lowest BCUT2D eigenvalue weighted by atomic mass is 9.94. The van der Waals surface area contributed by atoms with Crippen molar-refractivity contribution in [1.29, 1.82) is 0 Å². The molecule has 5 heteroatoms. The molecule has 19 heavy (non-hydrogen) atoms. The van der Waals surface area contributed by atoms with Crippen molar-refractivity contribution in [3.05, 3.63) is 35.4 Å². The summed E-state index contributed by atoms with van der Waals surface area (Å²) in [5, 5.41) is 8.97.